The van der Waals surface area contributed by atoms with Crippen LogP contribution in [-0.2, 0) is 4.79 Å². The van der Waals surface area contributed by atoms with Crippen molar-refractivity contribution in [3.8, 4) is 11.5 Å². The van der Waals surface area contributed by atoms with Crippen LogP contribution < -0.4 is 19.7 Å². The van der Waals surface area contributed by atoms with Crippen molar-refractivity contribution in [1.82, 2.24) is 4.90 Å². The molecule has 0 spiro atoms. The first kappa shape index (κ1) is 18.8. The first-order valence-electron chi connectivity index (χ1n) is 8.85. The molecule has 1 saturated heterocycles. The first-order chi connectivity index (χ1) is 13.1. The van der Waals surface area contributed by atoms with Gasteiger partial charge in [0.1, 0.15) is 17.3 Å². The molecule has 6 nitrogen and oxygen atoms in total. The third-order valence-electron chi connectivity index (χ3n) is 4.66. The standard InChI is InChI=1S/C20H24FN3O3/c1-26-17-7-8-19(27-2)18(13-17)22-14-20(25)24-11-9-23(10-12-24)16-5-3-15(21)4-6-16/h3-8,13,22H,9-12,14H2,1-2H3. The van der Waals surface area contributed by atoms with E-state index in [1.165, 1.54) is 12.1 Å². The van der Waals surface area contributed by atoms with Gasteiger partial charge in [-0.2, -0.15) is 0 Å². The zero-order valence-corrected chi connectivity index (χ0v) is 15.6. The molecule has 0 bridgehead atoms. The van der Waals surface area contributed by atoms with Gasteiger partial charge >= 0.3 is 0 Å². The number of ether oxygens (including phenoxy) is 2. The van der Waals surface area contributed by atoms with Gasteiger partial charge in [-0.05, 0) is 36.4 Å². The van der Waals surface area contributed by atoms with Crippen LogP contribution in [0.4, 0.5) is 15.8 Å². The van der Waals surface area contributed by atoms with Gasteiger partial charge in [0.05, 0.1) is 26.5 Å². The average molecular weight is 373 g/mol. The number of halogens is 1. The molecule has 27 heavy (non-hydrogen) atoms. The van der Waals surface area contributed by atoms with Gasteiger partial charge in [-0.15, -0.1) is 0 Å². The highest BCUT2D eigenvalue weighted by atomic mass is 19.1. The SMILES string of the molecule is COc1ccc(OC)c(NCC(=O)N2CCN(c3ccc(F)cc3)CC2)c1. The van der Waals surface area contributed by atoms with Crippen LogP contribution in [0, 0.1) is 5.82 Å². The van der Waals surface area contributed by atoms with Crippen molar-refractivity contribution in [2.24, 2.45) is 0 Å². The molecule has 1 aliphatic rings. The second-order valence-corrected chi connectivity index (χ2v) is 6.26. The Morgan fingerprint density at radius 3 is 2.37 bits per heavy atom. The van der Waals surface area contributed by atoms with Crippen LogP contribution >= 0.6 is 0 Å². The summed E-state index contributed by atoms with van der Waals surface area (Å²) in [7, 11) is 3.18. The van der Waals surface area contributed by atoms with E-state index in [1.807, 2.05) is 4.90 Å². The molecule has 0 radical (unpaired) electrons. The predicted octanol–water partition coefficient (Wildman–Crippen LogP) is 2.60. The highest BCUT2D eigenvalue weighted by Crippen LogP contribution is 2.28. The zero-order valence-electron chi connectivity index (χ0n) is 15.6. The van der Waals surface area contributed by atoms with E-state index in [0.29, 0.717) is 24.6 Å². The second-order valence-electron chi connectivity index (χ2n) is 6.26. The third-order valence-corrected chi connectivity index (χ3v) is 4.66. The van der Waals surface area contributed by atoms with E-state index < -0.39 is 0 Å². The number of hydrogen-bond acceptors (Lipinski definition) is 5. The van der Waals surface area contributed by atoms with Gasteiger partial charge < -0.3 is 24.6 Å². The summed E-state index contributed by atoms with van der Waals surface area (Å²) in [6, 6.07) is 11.9. The Kier molecular flexibility index (Phi) is 6.01. The maximum absolute atomic E-state index is 13.1. The lowest BCUT2D eigenvalue weighted by Crippen LogP contribution is -2.50. The van der Waals surface area contributed by atoms with E-state index in [4.69, 9.17) is 9.47 Å². The normalized spacial score (nSPS) is 14.0. The van der Waals surface area contributed by atoms with Gasteiger partial charge in [-0.3, -0.25) is 4.79 Å². The Labute approximate surface area is 158 Å². The van der Waals surface area contributed by atoms with E-state index in [2.05, 4.69) is 10.2 Å². The van der Waals surface area contributed by atoms with E-state index in [1.54, 1.807) is 44.6 Å². The molecule has 3 rings (SSSR count). The summed E-state index contributed by atoms with van der Waals surface area (Å²) in [5, 5.41) is 3.13. The Morgan fingerprint density at radius 1 is 1.04 bits per heavy atom. The fraction of sp³-hybridized carbons (Fsp3) is 0.350. The molecule has 1 N–H and O–H groups in total. The zero-order chi connectivity index (χ0) is 19.2. The summed E-state index contributed by atoms with van der Waals surface area (Å²) >= 11 is 0. The molecule has 0 saturated carbocycles. The van der Waals surface area contributed by atoms with Gasteiger partial charge in [-0.25, -0.2) is 4.39 Å². The molecular weight excluding hydrogens is 349 g/mol. The number of carbonyl (C=O) groups excluding carboxylic acids is 1. The van der Waals surface area contributed by atoms with E-state index >= 15 is 0 Å². The van der Waals surface area contributed by atoms with Gasteiger partial charge in [0, 0.05) is 37.9 Å². The lowest BCUT2D eigenvalue weighted by atomic mass is 10.2. The molecule has 0 unspecified atom stereocenters. The van der Waals surface area contributed by atoms with Crippen molar-refractivity contribution < 1.29 is 18.7 Å². The molecule has 1 amide bonds. The maximum Gasteiger partial charge on any atom is 0.241 e. The molecule has 1 heterocycles. The number of carbonyl (C=O) groups is 1. The number of hydrogen-bond donors (Lipinski definition) is 1. The largest absolute Gasteiger partial charge is 0.497 e. The highest BCUT2D eigenvalue weighted by molar-refractivity contribution is 5.82. The number of amides is 1. The monoisotopic (exact) mass is 373 g/mol. The quantitative estimate of drug-likeness (QED) is 0.844. The van der Waals surface area contributed by atoms with E-state index in [-0.39, 0.29) is 18.3 Å². The lowest BCUT2D eigenvalue weighted by molar-refractivity contribution is -0.129. The Hall–Kier alpha value is -2.96. The molecule has 0 atom stereocenters. The first-order valence-corrected chi connectivity index (χ1v) is 8.85. The van der Waals surface area contributed by atoms with Gasteiger partial charge in [0.2, 0.25) is 5.91 Å². The topological polar surface area (TPSA) is 54.0 Å². The van der Waals surface area contributed by atoms with Crippen molar-refractivity contribution in [3.63, 3.8) is 0 Å². The fourth-order valence-corrected chi connectivity index (χ4v) is 3.10. The molecule has 1 aliphatic heterocycles. The predicted molar refractivity (Wildman–Crippen MR) is 103 cm³/mol. The smallest absolute Gasteiger partial charge is 0.241 e. The van der Waals surface area contributed by atoms with Gasteiger partial charge in [-0.1, -0.05) is 0 Å². The number of rotatable bonds is 6. The summed E-state index contributed by atoms with van der Waals surface area (Å²) in [6.07, 6.45) is 0. The summed E-state index contributed by atoms with van der Waals surface area (Å²) < 4.78 is 23.6. The minimum atomic E-state index is -0.244. The van der Waals surface area contributed by atoms with E-state index in [9.17, 15) is 9.18 Å². The minimum absolute atomic E-state index is 0.0265. The molecule has 7 heteroatoms. The molecule has 2 aromatic rings. The number of methoxy groups -OCH3 is 2. The Balaban J connectivity index is 1.53. The lowest BCUT2D eigenvalue weighted by Gasteiger charge is -2.36. The van der Waals surface area contributed by atoms with Crippen LogP contribution in [0.3, 0.4) is 0 Å². The van der Waals surface area contributed by atoms with Crippen LogP contribution in [0.25, 0.3) is 0 Å². The summed E-state index contributed by atoms with van der Waals surface area (Å²) in [4.78, 5) is 16.5. The summed E-state index contributed by atoms with van der Waals surface area (Å²) in [5.41, 5.74) is 1.69. The average Bonchev–Trinajstić information content (AvgIpc) is 2.72. The molecular formula is C20H24FN3O3. The highest BCUT2D eigenvalue weighted by Gasteiger charge is 2.21. The van der Waals surface area contributed by atoms with Gasteiger partial charge in [0.15, 0.2) is 0 Å². The Morgan fingerprint density at radius 2 is 1.74 bits per heavy atom. The summed E-state index contributed by atoms with van der Waals surface area (Å²) in [5.74, 6) is 1.13. The number of benzene rings is 2. The van der Waals surface area contributed by atoms with Crippen molar-refractivity contribution >= 4 is 17.3 Å². The molecule has 0 aliphatic carbocycles. The van der Waals surface area contributed by atoms with Crippen LogP contribution in [-0.4, -0.2) is 57.8 Å². The maximum atomic E-state index is 13.1. The fourth-order valence-electron chi connectivity index (χ4n) is 3.10. The number of piperazine rings is 1. The van der Waals surface area contributed by atoms with Crippen LogP contribution in [0.2, 0.25) is 0 Å². The van der Waals surface area contributed by atoms with E-state index in [0.717, 1.165) is 24.5 Å². The van der Waals surface area contributed by atoms with Crippen molar-refractivity contribution in [1.29, 1.82) is 0 Å². The van der Waals surface area contributed by atoms with Crippen LogP contribution in [0.15, 0.2) is 42.5 Å². The van der Waals surface area contributed by atoms with Crippen molar-refractivity contribution in [3.05, 3.63) is 48.3 Å². The number of anilines is 2. The molecule has 1 fully saturated rings. The minimum Gasteiger partial charge on any atom is -0.497 e. The molecule has 144 valence electrons. The van der Waals surface area contributed by atoms with Crippen molar-refractivity contribution in [2.75, 3.05) is 57.2 Å². The van der Waals surface area contributed by atoms with Crippen LogP contribution in [0.1, 0.15) is 0 Å². The summed E-state index contributed by atoms with van der Waals surface area (Å²) in [6.45, 7) is 2.89. The second kappa shape index (κ2) is 8.62. The van der Waals surface area contributed by atoms with Gasteiger partial charge in [0.25, 0.3) is 0 Å². The van der Waals surface area contributed by atoms with Crippen molar-refractivity contribution in [2.45, 2.75) is 0 Å². The van der Waals surface area contributed by atoms with Crippen LogP contribution in [0.5, 0.6) is 11.5 Å². The molecule has 0 aromatic heterocycles. The third kappa shape index (κ3) is 4.61. The molecule has 2 aromatic carbocycles. The Bertz CT molecular complexity index is 775. The number of nitrogens with zero attached hydrogens (tertiary/aromatic N) is 2. The number of nitrogens with one attached hydrogen (secondary N) is 1.